The minimum absolute atomic E-state index is 0.204. The first kappa shape index (κ1) is 23.2. The largest absolute Gasteiger partial charge is 0.379 e. The molecule has 31 heavy (non-hydrogen) atoms. The Labute approximate surface area is 185 Å². The first-order chi connectivity index (χ1) is 14.8. The number of hydrogen-bond acceptors (Lipinski definition) is 5. The maximum atomic E-state index is 13.1. The molecule has 0 aromatic heterocycles. The molecule has 1 heterocycles. The highest BCUT2D eigenvalue weighted by Gasteiger charge is 2.23. The Kier molecular flexibility index (Phi) is 7.69. The summed E-state index contributed by atoms with van der Waals surface area (Å²) >= 11 is 0. The maximum Gasteiger partial charge on any atom is 0.264 e. The fraction of sp³-hybridized carbons (Fsp3) is 0.435. The lowest BCUT2D eigenvalue weighted by atomic mass is 10.1. The van der Waals surface area contributed by atoms with E-state index in [0.717, 1.165) is 50.4 Å². The van der Waals surface area contributed by atoms with E-state index in [1.807, 2.05) is 13.8 Å². The van der Waals surface area contributed by atoms with Crippen molar-refractivity contribution in [1.29, 1.82) is 0 Å². The van der Waals surface area contributed by atoms with Crippen molar-refractivity contribution in [2.45, 2.75) is 25.2 Å². The number of carbonyl (C=O) groups excluding carboxylic acids is 1. The van der Waals surface area contributed by atoms with Crippen molar-refractivity contribution in [1.82, 2.24) is 10.2 Å². The molecule has 0 radical (unpaired) electrons. The fourth-order valence-electron chi connectivity index (χ4n) is 3.52. The fourth-order valence-corrected chi connectivity index (χ4v) is 4.77. The zero-order valence-corrected chi connectivity index (χ0v) is 19.2. The first-order valence-electron chi connectivity index (χ1n) is 10.5. The van der Waals surface area contributed by atoms with E-state index in [-0.39, 0.29) is 10.8 Å². The summed E-state index contributed by atoms with van der Waals surface area (Å²) in [6, 6.07) is 11.9. The van der Waals surface area contributed by atoms with Crippen LogP contribution in [0.5, 0.6) is 0 Å². The molecule has 0 bridgehead atoms. The second-order valence-electron chi connectivity index (χ2n) is 7.85. The van der Waals surface area contributed by atoms with E-state index in [4.69, 9.17) is 4.74 Å². The second kappa shape index (κ2) is 10.3. The van der Waals surface area contributed by atoms with Crippen LogP contribution in [0.3, 0.4) is 0 Å². The van der Waals surface area contributed by atoms with Crippen LogP contribution in [0.1, 0.15) is 27.9 Å². The van der Waals surface area contributed by atoms with Gasteiger partial charge in [0.05, 0.1) is 23.8 Å². The topological polar surface area (TPSA) is 79.0 Å². The predicted octanol–water partition coefficient (Wildman–Crippen LogP) is 2.58. The molecular weight excluding hydrogens is 414 g/mol. The highest BCUT2D eigenvalue weighted by atomic mass is 32.2. The molecule has 1 amide bonds. The molecule has 0 saturated carbocycles. The predicted molar refractivity (Wildman–Crippen MR) is 122 cm³/mol. The Bertz CT molecular complexity index is 1000. The average molecular weight is 446 g/mol. The number of nitrogens with one attached hydrogen (secondary N) is 1. The summed E-state index contributed by atoms with van der Waals surface area (Å²) < 4.78 is 32.7. The summed E-state index contributed by atoms with van der Waals surface area (Å²) in [6.07, 6.45) is 0.853. The van der Waals surface area contributed by atoms with Crippen molar-refractivity contribution < 1.29 is 17.9 Å². The van der Waals surface area contributed by atoms with Crippen LogP contribution in [0.2, 0.25) is 0 Å². The number of morpholine rings is 1. The number of carbonyl (C=O) groups is 1. The van der Waals surface area contributed by atoms with Gasteiger partial charge in [-0.25, -0.2) is 8.42 Å². The number of aryl methyl sites for hydroxylation is 2. The van der Waals surface area contributed by atoms with Crippen LogP contribution in [0.4, 0.5) is 5.69 Å². The van der Waals surface area contributed by atoms with Crippen LogP contribution >= 0.6 is 0 Å². The quantitative estimate of drug-likeness (QED) is 0.632. The van der Waals surface area contributed by atoms with Gasteiger partial charge >= 0.3 is 0 Å². The molecule has 0 spiro atoms. The van der Waals surface area contributed by atoms with Gasteiger partial charge in [0.2, 0.25) is 0 Å². The van der Waals surface area contributed by atoms with E-state index >= 15 is 0 Å². The molecule has 1 aliphatic heterocycles. The monoisotopic (exact) mass is 445 g/mol. The highest BCUT2D eigenvalue weighted by molar-refractivity contribution is 7.92. The summed E-state index contributed by atoms with van der Waals surface area (Å²) in [5, 5.41) is 2.94. The van der Waals surface area contributed by atoms with Crippen molar-refractivity contribution >= 4 is 21.6 Å². The van der Waals surface area contributed by atoms with Crippen LogP contribution in [-0.2, 0) is 14.8 Å². The Balaban J connectivity index is 1.66. The summed E-state index contributed by atoms with van der Waals surface area (Å²) in [6.45, 7) is 8.61. The molecule has 0 aliphatic carbocycles. The Morgan fingerprint density at radius 1 is 1.10 bits per heavy atom. The molecule has 1 saturated heterocycles. The zero-order valence-electron chi connectivity index (χ0n) is 18.4. The van der Waals surface area contributed by atoms with Gasteiger partial charge in [0.25, 0.3) is 15.9 Å². The molecule has 0 unspecified atom stereocenters. The van der Waals surface area contributed by atoms with Gasteiger partial charge in [0, 0.05) is 32.2 Å². The maximum absolute atomic E-state index is 13.1. The first-order valence-corrected chi connectivity index (χ1v) is 12.0. The molecule has 7 nitrogen and oxygen atoms in total. The molecule has 2 aromatic rings. The van der Waals surface area contributed by atoms with Gasteiger partial charge in [0.15, 0.2) is 0 Å². The van der Waals surface area contributed by atoms with Gasteiger partial charge in [-0.3, -0.25) is 14.0 Å². The SMILES string of the molecule is Cc1ccc(S(=O)(=O)N(C)c2cc(C(=O)NCCCN3CCOCC3)ccc2C)cc1. The van der Waals surface area contributed by atoms with Gasteiger partial charge in [-0.05, 0) is 56.6 Å². The zero-order chi connectivity index (χ0) is 22.4. The molecule has 1 fully saturated rings. The van der Waals surface area contributed by atoms with Crippen LogP contribution in [0.15, 0.2) is 47.4 Å². The van der Waals surface area contributed by atoms with Crippen LogP contribution in [-0.4, -0.2) is 65.7 Å². The van der Waals surface area contributed by atoms with Crippen molar-refractivity contribution in [3.05, 3.63) is 59.2 Å². The lowest BCUT2D eigenvalue weighted by Gasteiger charge is -2.26. The summed E-state index contributed by atoms with van der Waals surface area (Å²) in [5.74, 6) is -0.204. The van der Waals surface area contributed by atoms with Crippen LogP contribution in [0.25, 0.3) is 0 Å². The van der Waals surface area contributed by atoms with Crippen molar-refractivity contribution in [2.75, 3.05) is 50.7 Å². The van der Waals surface area contributed by atoms with Gasteiger partial charge in [-0.15, -0.1) is 0 Å². The number of ether oxygens (including phenoxy) is 1. The number of hydrogen-bond donors (Lipinski definition) is 1. The molecule has 0 atom stereocenters. The Morgan fingerprint density at radius 3 is 2.45 bits per heavy atom. The number of rotatable bonds is 8. The summed E-state index contributed by atoms with van der Waals surface area (Å²) in [4.78, 5) is 15.2. The van der Waals surface area contributed by atoms with E-state index in [1.54, 1.807) is 42.5 Å². The molecule has 1 N–H and O–H groups in total. The van der Waals surface area contributed by atoms with Crippen LogP contribution < -0.4 is 9.62 Å². The van der Waals surface area contributed by atoms with Gasteiger partial charge < -0.3 is 10.1 Å². The highest BCUT2D eigenvalue weighted by Crippen LogP contribution is 2.26. The molecule has 8 heteroatoms. The minimum Gasteiger partial charge on any atom is -0.379 e. The molecular formula is C23H31N3O4S. The molecule has 168 valence electrons. The average Bonchev–Trinajstić information content (AvgIpc) is 2.77. The Hall–Kier alpha value is -2.42. The summed E-state index contributed by atoms with van der Waals surface area (Å²) in [5.41, 5.74) is 2.70. The van der Waals surface area contributed by atoms with Gasteiger partial charge in [0.1, 0.15) is 0 Å². The molecule has 1 aliphatic rings. The van der Waals surface area contributed by atoms with Crippen molar-refractivity contribution in [3.8, 4) is 0 Å². The number of benzene rings is 2. The molecule has 3 rings (SSSR count). The third-order valence-corrected chi connectivity index (χ3v) is 7.32. The van der Waals surface area contributed by atoms with Crippen molar-refractivity contribution in [3.63, 3.8) is 0 Å². The van der Waals surface area contributed by atoms with Gasteiger partial charge in [-0.1, -0.05) is 23.8 Å². The third-order valence-electron chi connectivity index (χ3n) is 5.53. The van der Waals surface area contributed by atoms with E-state index in [2.05, 4.69) is 10.2 Å². The van der Waals surface area contributed by atoms with Crippen LogP contribution in [0, 0.1) is 13.8 Å². The minimum atomic E-state index is -3.72. The van der Waals surface area contributed by atoms with E-state index in [1.165, 1.54) is 11.4 Å². The Morgan fingerprint density at radius 2 is 1.77 bits per heavy atom. The summed E-state index contributed by atoms with van der Waals surface area (Å²) in [7, 11) is -2.21. The lowest BCUT2D eigenvalue weighted by Crippen LogP contribution is -2.38. The third kappa shape index (κ3) is 5.84. The number of nitrogens with zero attached hydrogens (tertiary/aromatic N) is 2. The normalized spacial score (nSPS) is 14.9. The van der Waals surface area contributed by atoms with Crippen molar-refractivity contribution in [2.24, 2.45) is 0 Å². The second-order valence-corrected chi connectivity index (χ2v) is 9.82. The van der Waals surface area contributed by atoms with E-state index < -0.39 is 10.0 Å². The van der Waals surface area contributed by atoms with E-state index in [0.29, 0.717) is 17.8 Å². The lowest BCUT2D eigenvalue weighted by molar-refractivity contribution is 0.0374. The van der Waals surface area contributed by atoms with Gasteiger partial charge in [-0.2, -0.15) is 0 Å². The molecule has 2 aromatic carbocycles. The number of anilines is 1. The smallest absolute Gasteiger partial charge is 0.264 e. The van der Waals surface area contributed by atoms with E-state index in [9.17, 15) is 13.2 Å². The number of amides is 1. The number of sulfonamides is 1. The standard InChI is InChI=1S/C23H31N3O4S/c1-18-5-9-21(10-6-18)31(28,29)25(3)22-17-20(8-7-19(22)2)23(27)24-11-4-12-26-13-15-30-16-14-26/h5-10,17H,4,11-16H2,1-3H3,(H,24,27).